The number of rotatable bonds is 10. The van der Waals surface area contributed by atoms with Crippen LogP contribution in [0.25, 0.3) is 0 Å². The molecule has 7 nitrogen and oxygen atoms in total. The lowest BCUT2D eigenvalue weighted by atomic mass is 10.1. The van der Waals surface area contributed by atoms with Crippen molar-refractivity contribution >= 4 is 17.8 Å². The Balaban J connectivity index is 4.16. The largest absolute Gasteiger partial charge is 0.464 e. The standard InChI is InChI=1S/C14H26N2O5/c1-10(20-4)7-9-21-14(19)13(16-12(3)18)6-5-8-15-11(2)17/h10,13H,5-9H2,1-4H3,(H,15,17)(H,16,18)/t10?,13-/m0/s1. The fourth-order valence-corrected chi connectivity index (χ4v) is 1.61. The third-order valence-electron chi connectivity index (χ3n) is 2.88. The molecule has 2 N–H and O–H groups in total. The van der Waals surface area contributed by atoms with Gasteiger partial charge in [0.1, 0.15) is 6.04 Å². The molecule has 0 saturated heterocycles. The van der Waals surface area contributed by atoms with E-state index >= 15 is 0 Å². The summed E-state index contributed by atoms with van der Waals surface area (Å²) in [6.45, 7) is 5.36. The molecule has 0 heterocycles. The lowest BCUT2D eigenvalue weighted by molar-refractivity contribution is -0.148. The molecular formula is C14H26N2O5. The van der Waals surface area contributed by atoms with Crippen LogP contribution in [0.15, 0.2) is 0 Å². The van der Waals surface area contributed by atoms with Gasteiger partial charge < -0.3 is 20.1 Å². The number of hydrogen-bond acceptors (Lipinski definition) is 5. The van der Waals surface area contributed by atoms with Gasteiger partial charge in [0.05, 0.1) is 12.7 Å². The first kappa shape index (κ1) is 19.4. The van der Waals surface area contributed by atoms with Crippen molar-refractivity contribution in [3.8, 4) is 0 Å². The minimum absolute atomic E-state index is 0.0109. The van der Waals surface area contributed by atoms with Crippen molar-refractivity contribution in [2.45, 2.75) is 52.2 Å². The molecule has 0 aliphatic carbocycles. The van der Waals surface area contributed by atoms with Crippen LogP contribution in [0.3, 0.4) is 0 Å². The summed E-state index contributed by atoms with van der Waals surface area (Å²) in [5.74, 6) is -0.875. The van der Waals surface area contributed by atoms with Crippen LogP contribution >= 0.6 is 0 Å². The molecule has 7 heteroatoms. The maximum atomic E-state index is 11.9. The quantitative estimate of drug-likeness (QED) is 0.449. The molecule has 21 heavy (non-hydrogen) atoms. The second-order valence-electron chi connectivity index (χ2n) is 4.88. The Morgan fingerprint density at radius 3 is 2.29 bits per heavy atom. The van der Waals surface area contributed by atoms with Gasteiger partial charge in [-0.15, -0.1) is 0 Å². The van der Waals surface area contributed by atoms with Gasteiger partial charge >= 0.3 is 5.97 Å². The summed E-state index contributed by atoms with van der Waals surface area (Å²) >= 11 is 0. The fraction of sp³-hybridized carbons (Fsp3) is 0.786. The van der Waals surface area contributed by atoms with Gasteiger partial charge in [-0.3, -0.25) is 9.59 Å². The second-order valence-corrected chi connectivity index (χ2v) is 4.88. The van der Waals surface area contributed by atoms with E-state index in [1.807, 2.05) is 6.92 Å². The van der Waals surface area contributed by atoms with Gasteiger partial charge in [-0.2, -0.15) is 0 Å². The number of hydrogen-bond donors (Lipinski definition) is 2. The van der Waals surface area contributed by atoms with Gasteiger partial charge in [-0.1, -0.05) is 0 Å². The number of carbonyl (C=O) groups excluding carboxylic acids is 3. The van der Waals surface area contributed by atoms with Crippen LogP contribution in [0, 0.1) is 0 Å². The molecule has 0 spiro atoms. The van der Waals surface area contributed by atoms with Gasteiger partial charge in [-0.05, 0) is 19.8 Å². The second kappa shape index (κ2) is 11.1. The number of esters is 1. The zero-order valence-electron chi connectivity index (χ0n) is 13.2. The van der Waals surface area contributed by atoms with Crippen molar-refractivity contribution in [1.82, 2.24) is 10.6 Å². The Kier molecular flexibility index (Phi) is 10.2. The number of amides is 2. The van der Waals surface area contributed by atoms with Crippen LogP contribution in [0.2, 0.25) is 0 Å². The molecule has 0 aromatic rings. The minimum Gasteiger partial charge on any atom is -0.464 e. The normalized spacial score (nSPS) is 13.1. The lowest BCUT2D eigenvalue weighted by Crippen LogP contribution is -2.41. The summed E-state index contributed by atoms with van der Waals surface area (Å²) in [6.07, 6.45) is 1.60. The van der Waals surface area contributed by atoms with Crippen molar-refractivity contribution in [2.75, 3.05) is 20.3 Å². The third kappa shape index (κ3) is 10.8. The zero-order chi connectivity index (χ0) is 16.3. The molecule has 0 bridgehead atoms. The van der Waals surface area contributed by atoms with E-state index in [1.54, 1.807) is 7.11 Å². The van der Waals surface area contributed by atoms with Gasteiger partial charge in [0.25, 0.3) is 0 Å². The monoisotopic (exact) mass is 302 g/mol. The highest BCUT2D eigenvalue weighted by Gasteiger charge is 2.20. The van der Waals surface area contributed by atoms with Crippen LogP contribution in [0.4, 0.5) is 0 Å². The summed E-state index contributed by atoms with van der Waals surface area (Å²) in [5, 5.41) is 5.20. The smallest absolute Gasteiger partial charge is 0.328 e. The average Bonchev–Trinajstić information content (AvgIpc) is 2.41. The van der Waals surface area contributed by atoms with Crippen LogP contribution in [0.5, 0.6) is 0 Å². The molecule has 0 aromatic carbocycles. The van der Waals surface area contributed by atoms with Crippen LogP contribution in [0.1, 0.15) is 40.0 Å². The lowest BCUT2D eigenvalue weighted by Gasteiger charge is -2.17. The summed E-state index contributed by atoms with van der Waals surface area (Å²) < 4.78 is 10.2. The SMILES string of the molecule is COC(C)CCOC(=O)[C@H](CCCNC(C)=O)NC(C)=O. The molecule has 0 fully saturated rings. The van der Waals surface area contributed by atoms with Gasteiger partial charge in [0.15, 0.2) is 0 Å². The molecule has 0 aliphatic heterocycles. The summed E-state index contributed by atoms with van der Waals surface area (Å²) in [5.41, 5.74) is 0. The molecule has 0 aliphatic rings. The summed E-state index contributed by atoms with van der Waals surface area (Å²) in [4.78, 5) is 33.8. The van der Waals surface area contributed by atoms with Crippen molar-refractivity contribution in [1.29, 1.82) is 0 Å². The number of nitrogens with one attached hydrogen (secondary N) is 2. The maximum Gasteiger partial charge on any atom is 0.328 e. The highest BCUT2D eigenvalue weighted by molar-refractivity contribution is 5.83. The van der Waals surface area contributed by atoms with E-state index in [9.17, 15) is 14.4 Å². The van der Waals surface area contributed by atoms with E-state index in [0.29, 0.717) is 25.8 Å². The maximum absolute atomic E-state index is 11.9. The molecule has 1 unspecified atom stereocenters. The zero-order valence-corrected chi connectivity index (χ0v) is 13.2. The van der Waals surface area contributed by atoms with Crippen LogP contribution < -0.4 is 10.6 Å². The fourth-order valence-electron chi connectivity index (χ4n) is 1.61. The Hall–Kier alpha value is -1.63. The molecule has 122 valence electrons. The Bertz CT molecular complexity index is 346. The van der Waals surface area contributed by atoms with Crippen molar-refractivity contribution in [3.05, 3.63) is 0 Å². The van der Waals surface area contributed by atoms with E-state index in [2.05, 4.69) is 10.6 Å². The van der Waals surface area contributed by atoms with Crippen LogP contribution in [-0.4, -0.2) is 50.2 Å². The Morgan fingerprint density at radius 1 is 1.10 bits per heavy atom. The predicted molar refractivity (Wildman–Crippen MR) is 77.6 cm³/mol. The minimum atomic E-state index is -0.686. The molecule has 2 atom stereocenters. The summed E-state index contributed by atoms with van der Waals surface area (Å²) in [7, 11) is 1.59. The molecule has 2 amide bonds. The topological polar surface area (TPSA) is 93.7 Å². The highest BCUT2D eigenvalue weighted by Crippen LogP contribution is 2.02. The Morgan fingerprint density at radius 2 is 1.76 bits per heavy atom. The van der Waals surface area contributed by atoms with E-state index in [0.717, 1.165) is 0 Å². The molecule has 0 aromatic heterocycles. The number of methoxy groups -OCH3 is 1. The van der Waals surface area contributed by atoms with Gasteiger partial charge in [-0.25, -0.2) is 4.79 Å². The van der Waals surface area contributed by atoms with Crippen molar-refractivity contribution < 1.29 is 23.9 Å². The van der Waals surface area contributed by atoms with E-state index in [4.69, 9.17) is 9.47 Å². The average molecular weight is 302 g/mol. The van der Waals surface area contributed by atoms with Gasteiger partial charge in [0, 0.05) is 33.9 Å². The van der Waals surface area contributed by atoms with Gasteiger partial charge in [0.2, 0.25) is 11.8 Å². The van der Waals surface area contributed by atoms with E-state index < -0.39 is 12.0 Å². The number of carbonyl (C=O) groups is 3. The first-order valence-electron chi connectivity index (χ1n) is 7.07. The van der Waals surface area contributed by atoms with Crippen molar-refractivity contribution in [3.63, 3.8) is 0 Å². The first-order valence-corrected chi connectivity index (χ1v) is 7.07. The van der Waals surface area contributed by atoms with Crippen LogP contribution in [-0.2, 0) is 23.9 Å². The van der Waals surface area contributed by atoms with Crippen molar-refractivity contribution in [2.24, 2.45) is 0 Å². The molecular weight excluding hydrogens is 276 g/mol. The summed E-state index contributed by atoms with van der Waals surface area (Å²) in [6, 6.07) is -0.686. The third-order valence-corrected chi connectivity index (χ3v) is 2.88. The Labute approximate surface area is 125 Å². The van der Waals surface area contributed by atoms with E-state index in [1.165, 1.54) is 13.8 Å². The first-order chi connectivity index (χ1) is 9.86. The van der Waals surface area contributed by atoms with E-state index in [-0.39, 0.29) is 24.5 Å². The molecule has 0 saturated carbocycles. The number of ether oxygens (including phenoxy) is 2. The predicted octanol–water partition coefficient (Wildman–Crippen LogP) is 0.376. The highest BCUT2D eigenvalue weighted by atomic mass is 16.5. The molecule has 0 radical (unpaired) electrons. The molecule has 0 rings (SSSR count).